The van der Waals surface area contributed by atoms with Crippen LogP contribution in [0.15, 0.2) is 30.3 Å². The average Bonchev–Trinajstić information content (AvgIpc) is 2.72. The van der Waals surface area contributed by atoms with Gasteiger partial charge in [-0.3, -0.25) is 9.69 Å². The Labute approximate surface area is 173 Å². The summed E-state index contributed by atoms with van der Waals surface area (Å²) < 4.78 is 5.34. The predicted octanol–water partition coefficient (Wildman–Crippen LogP) is 2.36. The maximum absolute atomic E-state index is 12.4. The van der Waals surface area contributed by atoms with Crippen LogP contribution in [0.5, 0.6) is 5.75 Å². The molecule has 7 nitrogen and oxygen atoms in total. The second-order valence-corrected chi connectivity index (χ2v) is 7.73. The molecule has 0 radical (unpaired) electrons. The number of aryl methyl sites for hydroxylation is 1. The number of para-hydroxylation sites is 1. The van der Waals surface area contributed by atoms with Crippen molar-refractivity contribution in [2.75, 3.05) is 44.7 Å². The Morgan fingerprint density at radius 2 is 1.90 bits per heavy atom. The number of hydrogen-bond acceptors (Lipinski definition) is 6. The van der Waals surface area contributed by atoms with Gasteiger partial charge in [-0.05, 0) is 13.0 Å². The van der Waals surface area contributed by atoms with Gasteiger partial charge in [-0.1, -0.05) is 32.0 Å². The number of amides is 1. The van der Waals surface area contributed by atoms with Crippen molar-refractivity contribution in [3.05, 3.63) is 47.4 Å². The van der Waals surface area contributed by atoms with E-state index >= 15 is 0 Å². The van der Waals surface area contributed by atoms with Crippen molar-refractivity contribution in [2.45, 2.75) is 33.2 Å². The third-order valence-electron chi connectivity index (χ3n) is 5.11. The van der Waals surface area contributed by atoms with E-state index in [-0.39, 0.29) is 5.91 Å². The van der Waals surface area contributed by atoms with Crippen molar-refractivity contribution in [1.82, 2.24) is 20.2 Å². The molecule has 2 aromatic rings. The van der Waals surface area contributed by atoms with Gasteiger partial charge in [-0.2, -0.15) is 0 Å². The normalized spacial score (nSPS) is 14.9. The number of nitrogens with one attached hydrogen (secondary N) is 1. The van der Waals surface area contributed by atoms with Gasteiger partial charge < -0.3 is 15.0 Å². The number of piperazine rings is 1. The molecule has 3 rings (SSSR count). The number of benzene rings is 1. The lowest BCUT2D eigenvalue weighted by atomic mass is 10.2. The minimum absolute atomic E-state index is 0.0318. The lowest BCUT2D eigenvalue weighted by Gasteiger charge is -2.35. The second kappa shape index (κ2) is 9.69. The number of nitrogens with zero attached hydrogens (tertiary/aromatic N) is 4. The molecule has 156 valence electrons. The molecule has 0 saturated carbocycles. The van der Waals surface area contributed by atoms with Crippen molar-refractivity contribution in [3.63, 3.8) is 0 Å². The van der Waals surface area contributed by atoms with E-state index in [2.05, 4.69) is 33.9 Å². The molecule has 1 aliphatic rings. The lowest BCUT2D eigenvalue weighted by molar-refractivity contribution is -0.122. The van der Waals surface area contributed by atoms with Crippen LogP contribution >= 0.6 is 0 Å². The molecular weight excluding hydrogens is 366 g/mol. The predicted molar refractivity (Wildman–Crippen MR) is 114 cm³/mol. The van der Waals surface area contributed by atoms with E-state index in [1.807, 2.05) is 37.3 Å². The average molecular weight is 398 g/mol. The monoisotopic (exact) mass is 397 g/mol. The maximum atomic E-state index is 12.4. The van der Waals surface area contributed by atoms with Crippen LogP contribution in [-0.2, 0) is 11.3 Å². The molecule has 1 amide bonds. The van der Waals surface area contributed by atoms with E-state index in [9.17, 15) is 4.79 Å². The van der Waals surface area contributed by atoms with Crippen LogP contribution in [0, 0.1) is 6.92 Å². The summed E-state index contributed by atoms with van der Waals surface area (Å²) >= 11 is 0. The molecule has 7 heteroatoms. The van der Waals surface area contributed by atoms with Crippen LogP contribution in [0.4, 0.5) is 5.82 Å². The Balaban J connectivity index is 1.49. The molecule has 0 bridgehead atoms. The molecule has 2 heterocycles. The largest absolute Gasteiger partial charge is 0.496 e. The molecular formula is C22H31N5O2. The summed E-state index contributed by atoms with van der Waals surface area (Å²) in [7, 11) is 1.64. The first kappa shape index (κ1) is 21.0. The van der Waals surface area contributed by atoms with E-state index in [0.29, 0.717) is 19.0 Å². The Kier molecular flexibility index (Phi) is 7.04. The molecule has 1 aliphatic heterocycles. The summed E-state index contributed by atoms with van der Waals surface area (Å²) in [5, 5.41) is 3.00. The van der Waals surface area contributed by atoms with Gasteiger partial charge in [0.2, 0.25) is 5.91 Å². The van der Waals surface area contributed by atoms with E-state index in [1.165, 1.54) is 0 Å². The number of methoxy groups -OCH3 is 1. The quantitative estimate of drug-likeness (QED) is 0.773. The highest BCUT2D eigenvalue weighted by atomic mass is 16.5. The molecule has 0 spiro atoms. The second-order valence-electron chi connectivity index (χ2n) is 7.73. The van der Waals surface area contributed by atoms with Gasteiger partial charge in [-0.25, -0.2) is 9.97 Å². The standard InChI is InChI=1S/C22H31N5O2/c1-16(2)22-24-17(3)13-20(25-22)27-11-9-26(10-12-27)15-21(28)23-14-18-7-5-6-8-19(18)29-4/h5-8,13,16H,9-12,14-15H2,1-4H3,(H,23,28). The van der Waals surface area contributed by atoms with Gasteiger partial charge in [0, 0.05) is 56.0 Å². The SMILES string of the molecule is COc1ccccc1CNC(=O)CN1CCN(c2cc(C)nc(C(C)C)n2)CC1. The van der Waals surface area contributed by atoms with Crippen LogP contribution in [0.3, 0.4) is 0 Å². The van der Waals surface area contributed by atoms with E-state index < -0.39 is 0 Å². The molecule has 29 heavy (non-hydrogen) atoms. The first-order valence-corrected chi connectivity index (χ1v) is 10.2. The Bertz CT molecular complexity index is 832. The summed E-state index contributed by atoms with van der Waals surface area (Å²) in [6.45, 7) is 10.5. The maximum Gasteiger partial charge on any atom is 0.234 e. The van der Waals surface area contributed by atoms with Gasteiger partial charge in [0.05, 0.1) is 13.7 Å². The van der Waals surface area contributed by atoms with Crippen molar-refractivity contribution in [1.29, 1.82) is 0 Å². The fourth-order valence-electron chi connectivity index (χ4n) is 3.43. The molecule has 1 N–H and O–H groups in total. The van der Waals surface area contributed by atoms with Gasteiger partial charge >= 0.3 is 0 Å². The van der Waals surface area contributed by atoms with Crippen molar-refractivity contribution < 1.29 is 9.53 Å². The molecule has 0 atom stereocenters. The Morgan fingerprint density at radius 3 is 2.59 bits per heavy atom. The van der Waals surface area contributed by atoms with Crippen LogP contribution in [-0.4, -0.2) is 60.6 Å². The zero-order valence-corrected chi connectivity index (χ0v) is 17.8. The molecule has 1 aromatic carbocycles. The highest BCUT2D eigenvalue weighted by molar-refractivity contribution is 5.78. The lowest BCUT2D eigenvalue weighted by Crippen LogP contribution is -2.49. The fraction of sp³-hybridized carbons (Fsp3) is 0.500. The van der Waals surface area contributed by atoms with Crippen molar-refractivity contribution >= 4 is 11.7 Å². The number of hydrogen-bond donors (Lipinski definition) is 1. The molecule has 1 fully saturated rings. The number of anilines is 1. The number of aromatic nitrogens is 2. The topological polar surface area (TPSA) is 70.6 Å². The fourth-order valence-corrected chi connectivity index (χ4v) is 3.43. The van der Waals surface area contributed by atoms with E-state index in [1.54, 1.807) is 7.11 Å². The first-order chi connectivity index (χ1) is 14.0. The third-order valence-corrected chi connectivity index (χ3v) is 5.11. The van der Waals surface area contributed by atoms with E-state index in [4.69, 9.17) is 9.72 Å². The van der Waals surface area contributed by atoms with Gasteiger partial charge in [0.15, 0.2) is 0 Å². The summed E-state index contributed by atoms with van der Waals surface area (Å²) in [6.07, 6.45) is 0. The van der Waals surface area contributed by atoms with Crippen LogP contribution in [0.25, 0.3) is 0 Å². The van der Waals surface area contributed by atoms with Gasteiger partial charge in [-0.15, -0.1) is 0 Å². The Hall–Kier alpha value is -2.67. The first-order valence-electron chi connectivity index (χ1n) is 10.2. The molecule has 0 unspecified atom stereocenters. The highest BCUT2D eigenvalue weighted by Crippen LogP contribution is 2.19. The summed E-state index contributed by atoms with van der Waals surface area (Å²) in [5.74, 6) is 3.01. The number of rotatable bonds is 7. The Morgan fingerprint density at radius 1 is 1.17 bits per heavy atom. The van der Waals surface area contributed by atoms with Crippen LogP contribution in [0.2, 0.25) is 0 Å². The van der Waals surface area contributed by atoms with E-state index in [0.717, 1.165) is 54.8 Å². The summed E-state index contributed by atoms with van der Waals surface area (Å²) in [6, 6.07) is 9.78. The van der Waals surface area contributed by atoms with Crippen molar-refractivity contribution in [3.8, 4) is 5.75 Å². The molecule has 1 aromatic heterocycles. The van der Waals surface area contributed by atoms with Crippen LogP contribution < -0.4 is 15.0 Å². The zero-order chi connectivity index (χ0) is 20.8. The number of carbonyl (C=O) groups excluding carboxylic acids is 1. The van der Waals surface area contributed by atoms with Crippen LogP contribution in [0.1, 0.15) is 36.8 Å². The zero-order valence-electron chi connectivity index (χ0n) is 17.8. The van der Waals surface area contributed by atoms with Gasteiger partial charge in [0.1, 0.15) is 17.4 Å². The molecule has 0 aliphatic carbocycles. The highest BCUT2D eigenvalue weighted by Gasteiger charge is 2.21. The minimum Gasteiger partial charge on any atom is -0.496 e. The number of carbonyl (C=O) groups is 1. The number of ether oxygens (including phenoxy) is 1. The van der Waals surface area contributed by atoms with Gasteiger partial charge in [0.25, 0.3) is 0 Å². The minimum atomic E-state index is 0.0318. The summed E-state index contributed by atoms with van der Waals surface area (Å²) in [4.78, 5) is 26.1. The smallest absolute Gasteiger partial charge is 0.234 e. The summed E-state index contributed by atoms with van der Waals surface area (Å²) in [5.41, 5.74) is 1.98. The third kappa shape index (κ3) is 5.67. The van der Waals surface area contributed by atoms with Crippen molar-refractivity contribution in [2.24, 2.45) is 0 Å². The molecule has 1 saturated heterocycles.